The first kappa shape index (κ1) is 14.0. The smallest absolute Gasteiger partial charge is 0.319 e. The second-order valence-corrected chi connectivity index (χ2v) is 5.92. The highest BCUT2D eigenvalue weighted by molar-refractivity contribution is 5.85. The van der Waals surface area contributed by atoms with E-state index in [9.17, 15) is 4.79 Å². The van der Waals surface area contributed by atoms with Crippen LogP contribution in [0, 0.1) is 0 Å². The number of nitrogens with zero attached hydrogens (tertiary/aromatic N) is 3. The van der Waals surface area contributed by atoms with E-state index in [1.165, 1.54) is 0 Å². The molecule has 2 aromatic heterocycles. The topological polar surface area (TPSA) is 57.0 Å². The summed E-state index contributed by atoms with van der Waals surface area (Å²) < 4.78 is 7.49. The van der Waals surface area contributed by atoms with E-state index in [1.807, 2.05) is 13.0 Å². The Bertz CT molecular complexity index is 671. The van der Waals surface area contributed by atoms with Crippen LogP contribution in [0.4, 0.5) is 0 Å². The maximum absolute atomic E-state index is 12.5. The lowest BCUT2D eigenvalue weighted by atomic mass is 9.68. The molecule has 5 nitrogen and oxygen atoms in total. The summed E-state index contributed by atoms with van der Waals surface area (Å²) >= 11 is 0. The standard InChI is InChI=1S/C16H21N3O2/c1-4-21-15(20)16(7-5-8-16)14-18-12-10-17-9-6-13(12)19(14)11(2)3/h6,9-11H,4-5,7-8H2,1-3H3. The lowest BCUT2D eigenvalue weighted by Gasteiger charge is -2.39. The van der Waals surface area contributed by atoms with Gasteiger partial charge in [-0.3, -0.25) is 9.78 Å². The van der Waals surface area contributed by atoms with Crippen molar-refractivity contribution in [1.82, 2.24) is 14.5 Å². The van der Waals surface area contributed by atoms with E-state index < -0.39 is 5.41 Å². The Morgan fingerprint density at radius 1 is 1.48 bits per heavy atom. The van der Waals surface area contributed by atoms with Gasteiger partial charge in [-0.25, -0.2) is 4.98 Å². The molecular weight excluding hydrogens is 266 g/mol. The molecular formula is C16H21N3O2. The summed E-state index contributed by atoms with van der Waals surface area (Å²) in [6.07, 6.45) is 6.20. The van der Waals surface area contributed by atoms with Gasteiger partial charge < -0.3 is 9.30 Å². The van der Waals surface area contributed by atoms with Crippen LogP contribution in [0.2, 0.25) is 0 Å². The molecule has 1 aliphatic rings. The molecule has 0 radical (unpaired) electrons. The summed E-state index contributed by atoms with van der Waals surface area (Å²) in [5.74, 6) is 0.701. The van der Waals surface area contributed by atoms with Crippen molar-refractivity contribution in [2.45, 2.75) is 51.5 Å². The Labute approximate surface area is 124 Å². The summed E-state index contributed by atoms with van der Waals surface area (Å²) in [5.41, 5.74) is 1.31. The number of pyridine rings is 1. The molecule has 1 fully saturated rings. The third-order valence-corrected chi connectivity index (χ3v) is 4.31. The molecule has 0 saturated heterocycles. The molecule has 112 valence electrons. The number of hydrogen-bond acceptors (Lipinski definition) is 4. The highest BCUT2D eigenvalue weighted by Gasteiger charge is 2.51. The van der Waals surface area contributed by atoms with Crippen molar-refractivity contribution < 1.29 is 9.53 Å². The number of ether oxygens (including phenoxy) is 1. The number of carbonyl (C=O) groups excluding carboxylic acids is 1. The summed E-state index contributed by atoms with van der Waals surface area (Å²) in [6, 6.07) is 2.20. The summed E-state index contributed by atoms with van der Waals surface area (Å²) in [4.78, 5) is 21.4. The number of fused-ring (bicyclic) bond motifs is 1. The number of aromatic nitrogens is 3. The minimum atomic E-state index is -0.570. The van der Waals surface area contributed by atoms with Crippen LogP contribution in [0.1, 0.15) is 51.9 Å². The minimum absolute atomic E-state index is 0.138. The number of esters is 1. The lowest BCUT2D eigenvalue weighted by Crippen LogP contribution is -2.46. The zero-order valence-corrected chi connectivity index (χ0v) is 12.8. The maximum Gasteiger partial charge on any atom is 0.319 e. The molecule has 0 amide bonds. The van der Waals surface area contributed by atoms with Gasteiger partial charge >= 0.3 is 5.97 Å². The number of carbonyl (C=O) groups is 1. The van der Waals surface area contributed by atoms with Gasteiger partial charge in [0.05, 0.1) is 18.3 Å². The van der Waals surface area contributed by atoms with E-state index in [-0.39, 0.29) is 12.0 Å². The predicted octanol–water partition coefficient (Wildman–Crippen LogP) is 3.00. The average Bonchev–Trinajstić information content (AvgIpc) is 2.77. The second-order valence-electron chi connectivity index (χ2n) is 5.92. The van der Waals surface area contributed by atoms with Gasteiger partial charge in [-0.05, 0) is 39.7 Å². The maximum atomic E-state index is 12.5. The molecule has 0 atom stereocenters. The fraction of sp³-hybridized carbons (Fsp3) is 0.562. The fourth-order valence-electron chi connectivity index (χ4n) is 3.13. The minimum Gasteiger partial charge on any atom is -0.465 e. The van der Waals surface area contributed by atoms with Crippen molar-refractivity contribution in [2.24, 2.45) is 0 Å². The Morgan fingerprint density at radius 2 is 2.24 bits per heavy atom. The van der Waals surface area contributed by atoms with E-state index in [2.05, 4.69) is 23.4 Å². The summed E-state index contributed by atoms with van der Waals surface area (Å²) in [6.45, 7) is 6.48. The van der Waals surface area contributed by atoms with E-state index in [4.69, 9.17) is 9.72 Å². The molecule has 1 saturated carbocycles. The van der Waals surface area contributed by atoms with Crippen LogP contribution >= 0.6 is 0 Å². The first-order chi connectivity index (χ1) is 10.1. The van der Waals surface area contributed by atoms with Crippen LogP contribution in [-0.4, -0.2) is 27.1 Å². The Hall–Kier alpha value is -1.91. The fourth-order valence-corrected chi connectivity index (χ4v) is 3.13. The van der Waals surface area contributed by atoms with Crippen LogP contribution < -0.4 is 0 Å². The van der Waals surface area contributed by atoms with Crippen molar-refractivity contribution >= 4 is 17.0 Å². The molecule has 0 aromatic carbocycles. The van der Waals surface area contributed by atoms with Crippen LogP contribution in [-0.2, 0) is 14.9 Å². The van der Waals surface area contributed by atoms with Crippen molar-refractivity contribution in [3.05, 3.63) is 24.3 Å². The van der Waals surface area contributed by atoms with Crippen molar-refractivity contribution in [3.63, 3.8) is 0 Å². The van der Waals surface area contributed by atoms with Gasteiger partial charge in [0.1, 0.15) is 16.8 Å². The molecule has 21 heavy (non-hydrogen) atoms. The highest BCUT2D eigenvalue weighted by Crippen LogP contribution is 2.45. The second kappa shape index (κ2) is 5.13. The van der Waals surface area contributed by atoms with Gasteiger partial charge in [0.2, 0.25) is 0 Å². The number of imidazole rings is 1. The van der Waals surface area contributed by atoms with Gasteiger partial charge in [0.15, 0.2) is 0 Å². The first-order valence-electron chi connectivity index (χ1n) is 7.60. The molecule has 0 bridgehead atoms. The van der Waals surface area contributed by atoms with E-state index >= 15 is 0 Å². The average molecular weight is 287 g/mol. The first-order valence-corrected chi connectivity index (χ1v) is 7.60. The van der Waals surface area contributed by atoms with Crippen molar-refractivity contribution in [2.75, 3.05) is 6.61 Å². The molecule has 1 aliphatic carbocycles. The largest absolute Gasteiger partial charge is 0.465 e. The van der Waals surface area contributed by atoms with Gasteiger partial charge in [-0.1, -0.05) is 6.42 Å². The number of rotatable bonds is 4. The third kappa shape index (κ3) is 2.03. The molecule has 0 aliphatic heterocycles. The number of hydrogen-bond donors (Lipinski definition) is 0. The third-order valence-electron chi connectivity index (χ3n) is 4.31. The molecule has 3 rings (SSSR count). The van der Waals surface area contributed by atoms with Gasteiger partial charge in [0, 0.05) is 12.2 Å². The van der Waals surface area contributed by atoms with Crippen LogP contribution in [0.3, 0.4) is 0 Å². The zero-order valence-electron chi connectivity index (χ0n) is 12.8. The van der Waals surface area contributed by atoms with Gasteiger partial charge in [-0.2, -0.15) is 0 Å². The van der Waals surface area contributed by atoms with Crippen molar-refractivity contribution in [1.29, 1.82) is 0 Å². The SMILES string of the molecule is CCOC(=O)C1(c2nc3cnccc3n2C(C)C)CCC1. The molecule has 2 aromatic rings. The van der Waals surface area contributed by atoms with Crippen LogP contribution in [0.25, 0.3) is 11.0 Å². The van der Waals surface area contributed by atoms with E-state index in [0.717, 1.165) is 36.1 Å². The Balaban J connectivity index is 2.19. The zero-order chi connectivity index (χ0) is 15.0. The van der Waals surface area contributed by atoms with Gasteiger partial charge in [-0.15, -0.1) is 0 Å². The Kier molecular flexibility index (Phi) is 3.43. The Morgan fingerprint density at radius 3 is 2.81 bits per heavy atom. The van der Waals surface area contributed by atoms with Gasteiger partial charge in [0.25, 0.3) is 0 Å². The molecule has 5 heteroatoms. The molecule has 0 N–H and O–H groups in total. The summed E-state index contributed by atoms with van der Waals surface area (Å²) in [7, 11) is 0. The molecule has 0 spiro atoms. The monoisotopic (exact) mass is 287 g/mol. The van der Waals surface area contributed by atoms with Crippen molar-refractivity contribution in [3.8, 4) is 0 Å². The summed E-state index contributed by atoms with van der Waals surface area (Å²) in [5, 5.41) is 0. The highest BCUT2D eigenvalue weighted by atomic mass is 16.5. The molecule has 0 unspecified atom stereocenters. The van der Waals surface area contributed by atoms with E-state index in [0.29, 0.717) is 6.61 Å². The van der Waals surface area contributed by atoms with Crippen LogP contribution in [0.5, 0.6) is 0 Å². The lowest BCUT2D eigenvalue weighted by molar-refractivity contribution is -0.154. The molecule has 2 heterocycles. The van der Waals surface area contributed by atoms with Crippen LogP contribution in [0.15, 0.2) is 18.5 Å². The quantitative estimate of drug-likeness (QED) is 0.811. The normalized spacial score (nSPS) is 17.0. The predicted molar refractivity (Wildman–Crippen MR) is 80.1 cm³/mol. The van der Waals surface area contributed by atoms with E-state index in [1.54, 1.807) is 12.4 Å².